The lowest BCUT2D eigenvalue weighted by Crippen LogP contribution is -2.02. The molecule has 2 rings (SSSR count). The molecule has 21 heavy (non-hydrogen) atoms. The number of aliphatic hydroxyl groups is 1. The van der Waals surface area contributed by atoms with E-state index < -0.39 is 0 Å². The minimum atomic E-state index is -0.154. The Morgan fingerprint density at radius 1 is 1.10 bits per heavy atom. The van der Waals surface area contributed by atoms with Crippen molar-refractivity contribution in [2.75, 3.05) is 7.11 Å². The number of hydrogen-bond acceptors (Lipinski definition) is 3. The number of rotatable bonds is 5. The minimum Gasteiger partial charge on any atom is -0.493 e. The van der Waals surface area contributed by atoms with Gasteiger partial charge in [-0.1, -0.05) is 29.8 Å². The molecule has 0 bridgehead atoms. The molecule has 0 unspecified atom stereocenters. The summed E-state index contributed by atoms with van der Waals surface area (Å²) < 4.78 is 11.1. The van der Waals surface area contributed by atoms with Gasteiger partial charge in [0.2, 0.25) is 0 Å². The van der Waals surface area contributed by atoms with Gasteiger partial charge in [-0.05, 0) is 36.6 Å². The zero-order valence-electron chi connectivity index (χ0n) is 12.4. The van der Waals surface area contributed by atoms with Gasteiger partial charge in [0.1, 0.15) is 6.61 Å². The zero-order valence-corrected chi connectivity index (χ0v) is 13.2. The predicted molar refractivity (Wildman–Crippen MR) is 84.2 cm³/mol. The molecule has 0 fully saturated rings. The van der Waals surface area contributed by atoms with Crippen molar-refractivity contribution in [1.82, 2.24) is 0 Å². The highest BCUT2D eigenvalue weighted by Crippen LogP contribution is 2.35. The van der Waals surface area contributed by atoms with Crippen molar-refractivity contribution < 1.29 is 14.6 Å². The molecule has 0 heterocycles. The number of benzene rings is 2. The largest absolute Gasteiger partial charge is 0.493 e. The Balaban J connectivity index is 2.24. The highest BCUT2D eigenvalue weighted by Gasteiger charge is 2.12. The lowest BCUT2D eigenvalue weighted by atomic mass is 10.1. The fraction of sp³-hybridized carbons (Fsp3) is 0.294. The second kappa shape index (κ2) is 6.83. The maximum absolute atomic E-state index is 9.45. The van der Waals surface area contributed by atoms with Crippen molar-refractivity contribution >= 4 is 11.6 Å². The predicted octanol–water partition coefficient (Wildman–Crippen LogP) is 4.04. The van der Waals surface area contributed by atoms with Gasteiger partial charge in [-0.2, -0.15) is 0 Å². The summed E-state index contributed by atoms with van der Waals surface area (Å²) in [7, 11) is 1.55. The number of hydrogen-bond donors (Lipinski definition) is 1. The number of aryl methyl sites for hydroxylation is 2. The van der Waals surface area contributed by atoms with E-state index in [4.69, 9.17) is 21.1 Å². The molecule has 3 nitrogen and oxygen atoms in total. The van der Waals surface area contributed by atoms with E-state index in [2.05, 4.69) is 26.0 Å². The summed E-state index contributed by atoms with van der Waals surface area (Å²) in [4.78, 5) is 0. The third kappa shape index (κ3) is 3.69. The van der Waals surface area contributed by atoms with Crippen LogP contribution >= 0.6 is 11.6 Å². The second-order valence-corrected chi connectivity index (χ2v) is 5.40. The average Bonchev–Trinajstić information content (AvgIpc) is 2.48. The summed E-state index contributed by atoms with van der Waals surface area (Å²) in [5, 5.41) is 9.96. The molecule has 0 saturated heterocycles. The molecule has 4 heteroatoms. The van der Waals surface area contributed by atoms with E-state index in [0.717, 1.165) is 5.56 Å². The fourth-order valence-electron chi connectivity index (χ4n) is 2.10. The van der Waals surface area contributed by atoms with Crippen LogP contribution in [0.5, 0.6) is 11.5 Å². The van der Waals surface area contributed by atoms with Crippen molar-refractivity contribution in [3.05, 3.63) is 57.6 Å². The fourth-order valence-corrected chi connectivity index (χ4v) is 2.34. The lowest BCUT2D eigenvalue weighted by Gasteiger charge is -2.15. The number of ether oxygens (including phenoxy) is 2. The van der Waals surface area contributed by atoms with E-state index in [1.54, 1.807) is 19.2 Å². The van der Waals surface area contributed by atoms with Crippen molar-refractivity contribution in [3.63, 3.8) is 0 Å². The smallest absolute Gasteiger partial charge is 0.167 e. The van der Waals surface area contributed by atoms with Gasteiger partial charge in [0.15, 0.2) is 11.5 Å². The molecular weight excluding hydrogens is 288 g/mol. The Morgan fingerprint density at radius 3 is 2.48 bits per heavy atom. The van der Waals surface area contributed by atoms with Gasteiger partial charge in [-0.3, -0.25) is 0 Å². The van der Waals surface area contributed by atoms with Crippen LogP contribution in [-0.4, -0.2) is 12.2 Å². The topological polar surface area (TPSA) is 38.7 Å². The van der Waals surface area contributed by atoms with Crippen LogP contribution in [0.1, 0.15) is 22.3 Å². The zero-order chi connectivity index (χ0) is 15.4. The maximum atomic E-state index is 9.45. The highest BCUT2D eigenvalue weighted by molar-refractivity contribution is 6.30. The maximum Gasteiger partial charge on any atom is 0.167 e. The Kier molecular flexibility index (Phi) is 5.10. The standard InChI is InChI=1S/C17H19ClO3/c1-11-4-5-13(6-12(11)2)10-21-17-14(9-19)7-15(18)8-16(17)20-3/h4-8,19H,9-10H2,1-3H3. The Morgan fingerprint density at radius 2 is 1.86 bits per heavy atom. The number of aliphatic hydroxyl groups excluding tert-OH is 1. The Hall–Kier alpha value is -1.71. The highest BCUT2D eigenvalue weighted by atomic mass is 35.5. The first-order valence-corrected chi connectivity index (χ1v) is 7.09. The molecule has 0 aliphatic heterocycles. The summed E-state index contributed by atoms with van der Waals surface area (Å²) in [6.07, 6.45) is 0. The minimum absolute atomic E-state index is 0.154. The number of halogens is 1. The van der Waals surface area contributed by atoms with E-state index in [0.29, 0.717) is 28.7 Å². The van der Waals surface area contributed by atoms with E-state index in [-0.39, 0.29) is 6.61 Å². The lowest BCUT2D eigenvalue weighted by molar-refractivity contribution is 0.250. The summed E-state index contributed by atoms with van der Waals surface area (Å²) in [6, 6.07) is 9.55. The molecule has 1 N–H and O–H groups in total. The average molecular weight is 307 g/mol. The monoisotopic (exact) mass is 306 g/mol. The van der Waals surface area contributed by atoms with E-state index in [1.165, 1.54) is 11.1 Å². The van der Waals surface area contributed by atoms with Crippen molar-refractivity contribution in [1.29, 1.82) is 0 Å². The molecule has 0 saturated carbocycles. The van der Waals surface area contributed by atoms with Gasteiger partial charge >= 0.3 is 0 Å². The molecule has 0 radical (unpaired) electrons. The first kappa shape index (κ1) is 15.7. The van der Waals surface area contributed by atoms with Crippen LogP contribution in [0, 0.1) is 13.8 Å². The third-order valence-corrected chi connectivity index (χ3v) is 3.66. The first-order valence-electron chi connectivity index (χ1n) is 6.71. The van der Waals surface area contributed by atoms with Gasteiger partial charge in [-0.15, -0.1) is 0 Å². The summed E-state index contributed by atoms with van der Waals surface area (Å²) in [5.74, 6) is 1.05. The molecule has 112 valence electrons. The molecule has 0 aromatic heterocycles. The quantitative estimate of drug-likeness (QED) is 0.906. The molecule has 0 aliphatic rings. The summed E-state index contributed by atoms with van der Waals surface area (Å²) in [6.45, 7) is 4.40. The van der Waals surface area contributed by atoms with E-state index >= 15 is 0 Å². The molecule has 2 aromatic rings. The van der Waals surface area contributed by atoms with Crippen molar-refractivity contribution in [2.45, 2.75) is 27.1 Å². The van der Waals surface area contributed by atoms with Crippen LogP contribution in [0.25, 0.3) is 0 Å². The van der Waals surface area contributed by atoms with Crippen LogP contribution < -0.4 is 9.47 Å². The van der Waals surface area contributed by atoms with Crippen LogP contribution in [0.4, 0.5) is 0 Å². The molecule has 0 atom stereocenters. The van der Waals surface area contributed by atoms with Crippen LogP contribution in [0.15, 0.2) is 30.3 Å². The van der Waals surface area contributed by atoms with Crippen molar-refractivity contribution in [2.24, 2.45) is 0 Å². The third-order valence-electron chi connectivity index (χ3n) is 3.44. The second-order valence-electron chi connectivity index (χ2n) is 4.96. The number of methoxy groups -OCH3 is 1. The van der Waals surface area contributed by atoms with Gasteiger partial charge < -0.3 is 14.6 Å². The van der Waals surface area contributed by atoms with Gasteiger partial charge in [-0.25, -0.2) is 0 Å². The molecular formula is C17H19ClO3. The Bertz CT molecular complexity index is 613. The van der Waals surface area contributed by atoms with Crippen LogP contribution in [0.2, 0.25) is 5.02 Å². The molecule has 0 spiro atoms. The van der Waals surface area contributed by atoms with Gasteiger partial charge in [0.05, 0.1) is 13.7 Å². The first-order chi connectivity index (χ1) is 10.0. The Labute approximate surface area is 130 Å². The van der Waals surface area contributed by atoms with E-state index in [9.17, 15) is 5.11 Å². The van der Waals surface area contributed by atoms with Crippen LogP contribution in [-0.2, 0) is 13.2 Å². The molecule has 2 aromatic carbocycles. The van der Waals surface area contributed by atoms with Crippen LogP contribution in [0.3, 0.4) is 0 Å². The normalized spacial score (nSPS) is 10.5. The molecule has 0 aliphatic carbocycles. The van der Waals surface area contributed by atoms with E-state index in [1.807, 2.05) is 6.07 Å². The summed E-state index contributed by atoms with van der Waals surface area (Å²) in [5.41, 5.74) is 4.16. The molecule has 0 amide bonds. The summed E-state index contributed by atoms with van der Waals surface area (Å²) >= 11 is 5.99. The SMILES string of the molecule is COc1cc(Cl)cc(CO)c1OCc1ccc(C)c(C)c1. The van der Waals surface area contributed by atoms with Crippen molar-refractivity contribution in [3.8, 4) is 11.5 Å². The van der Waals surface area contributed by atoms with Gasteiger partial charge in [0.25, 0.3) is 0 Å². The van der Waals surface area contributed by atoms with Gasteiger partial charge in [0, 0.05) is 16.7 Å².